The lowest BCUT2D eigenvalue weighted by atomic mass is 10.1. The quantitative estimate of drug-likeness (QED) is 0.688. The van der Waals surface area contributed by atoms with E-state index >= 15 is 0 Å². The zero-order valence-corrected chi connectivity index (χ0v) is 14.7. The second-order valence-electron chi connectivity index (χ2n) is 6.38. The highest BCUT2D eigenvalue weighted by molar-refractivity contribution is 6.32. The monoisotopic (exact) mass is 349 g/mol. The fraction of sp³-hybridized carbons (Fsp3) is 0.421. The molecule has 1 heterocycles. The third-order valence-corrected chi connectivity index (χ3v) is 5.02. The number of carbonyl (C=O) groups is 1. The maximum absolute atomic E-state index is 13.0. The van der Waals surface area contributed by atoms with E-state index in [4.69, 9.17) is 16.3 Å². The lowest BCUT2D eigenvalue weighted by Gasteiger charge is -2.17. The third kappa shape index (κ3) is 3.34. The van der Waals surface area contributed by atoms with Gasteiger partial charge in [0, 0.05) is 23.0 Å². The van der Waals surface area contributed by atoms with Crippen LogP contribution < -0.4 is 4.74 Å². The molecule has 0 bridgehead atoms. The Kier molecular flexibility index (Phi) is 4.95. The molecule has 24 heavy (non-hydrogen) atoms. The number of nitrogens with zero attached hydrogens (tertiary/aromatic N) is 1. The molecule has 1 aromatic heterocycles. The van der Waals surface area contributed by atoms with Gasteiger partial charge in [-0.15, -0.1) is 0 Å². The lowest BCUT2D eigenvalue weighted by Crippen LogP contribution is -2.14. The van der Waals surface area contributed by atoms with Crippen LogP contribution in [0.1, 0.15) is 53.5 Å². The van der Waals surface area contributed by atoms with Crippen molar-refractivity contribution in [2.45, 2.75) is 45.6 Å². The van der Waals surface area contributed by atoms with Gasteiger partial charge in [-0.25, -0.2) is 4.39 Å². The molecule has 0 saturated heterocycles. The van der Waals surface area contributed by atoms with E-state index in [9.17, 15) is 9.18 Å². The molecule has 1 aliphatic carbocycles. The number of ketones is 1. The number of hydrogen-bond acceptors (Lipinski definition) is 2. The third-order valence-electron chi connectivity index (χ3n) is 4.73. The van der Waals surface area contributed by atoms with Gasteiger partial charge < -0.3 is 9.30 Å². The predicted octanol–water partition coefficient (Wildman–Crippen LogP) is 5.27. The highest BCUT2D eigenvalue weighted by Crippen LogP contribution is 2.33. The second-order valence-corrected chi connectivity index (χ2v) is 6.79. The fourth-order valence-corrected chi connectivity index (χ4v) is 3.82. The van der Waals surface area contributed by atoms with Crippen LogP contribution in [0.25, 0.3) is 0 Å². The van der Waals surface area contributed by atoms with Gasteiger partial charge in [-0.2, -0.15) is 0 Å². The lowest BCUT2D eigenvalue weighted by molar-refractivity contribution is 0.0921. The van der Waals surface area contributed by atoms with Crippen molar-refractivity contribution in [1.29, 1.82) is 0 Å². The molecule has 0 radical (unpaired) electrons. The first-order chi connectivity index (χ1) is 11.5. The normalized spacial score (nSPS) is 15.0. The molecule has 1 aliphatic rings. The van der Waals surface area contributed by atoms with E-state index in [1.807, 2.05) is 19.9 Å². The zero-order chi connectivity index (χ0) is 17.3. The summed E-state index contributed by atoms with van der Waals surface area (Å²) in [6.07, 6.45) is 4.84. The fourth-order valence-electron chi connectivity index (χ4n) is 3.60. The Morgan fingerprint density at radius 3 is 2.67 bits per heavy atom. The number of halogens is 2. The van der Waals surface area contributed by atoms with Gasteiger partial charge in [-0.1, -0.05) is 24.4 Å². The van der Waals surface area contributed by atoms with Crippen molar-refractivity contribution >= 4 is 17.4 Å². The smallest absolute Gasteiger partial charge is 0.202 e. The van der Waals surface area contributed by atoms with E-state index in [0.29, 0.717) is 17.4 Å². The summed E-state index contributed by atoms with van der Waals surface area (Å²) in [7, 11) is 0. The zero-order valence-electron chi connectivity index (χ0n) is 13.9. The molecule has 0 amide bonds. The summed E-state index contributed by atoms with van der Waals surface area (Å²) in [5.41, 5.74) is 2.80. The van der Waals surface area contributed by atoms with Crippen LogP contribution in [0.2, 0.25) is 5.02 Å². The number of ether oxygens (including phenoxy) is 1. The summed E-state index contributed by atoms with van der Waals surface area (Å²) < 4.78 is 20.8. The Hall–Kier alpha value is -1.81. The predicted molar refractivity (Wildman–Crippen MR) is 92.6 cm³/mol. The van der Waals surface area contributed by atoms with Crippen LogP contribution in [0, 0.1) is 19.7 Å². The van der Waals surface area contributed by atoms with Crippen molar-refractivity contribution in [2.75, 3.05) is 6.61 Å². The van der Waals surface area contributed by atoms with Crippen molar-refractivity contribution in [3.63, 3.8) is 0 Å². The highest BCUT2D eigenvalue weighted by Gasteiger charge is 2.23. The van der Waals surface area contributed by atoms with Crippen molar-refractivity contribution in [3.05, 3.63) is 52.1 Å². The van der Waals surface area contributed by atoms with Crippen molar-refractivity contribution < 1.29 is 13.9 Å². The molecule has 0 atom stereocenters. The van der Waals surface area contributed by atoms with E-state index < -0.39 is 5.82 Å². The summed E-state index contributed by atoms with van der Waals surface area (Å²) in [4.78, 5) is 12.5. The molecule has 0 N–H and O–H groups in total. The molecular formula is C19H21ClFNO2. The molecular weight excluding hydrogens is 329 g/mol. The van der Waals surface area contributed by atoms with Crippen LogP contribution in [0.4, 0.5) is 4.39 Å². The molecule has 3 rings (SSSR count). The van der Waals surface area contributed by atoms with Gasteiger partial charge in [-0.3, -0.25) is 4.79 Å². The summed E-state index contributed by atoms with van der Waals surface area (Å²) in [5, 5.41) is 0.166. The number of rotatable bonds is 5. The molecule has 5 heteroatoms. The Bertz CT molecular complexity index is 763. The maximum Gasteiger partial charge on any atom is 0.202 e. The van der Waals surface area contributed by atoms with E-state index in [0.717, 1.165) is 11.4 Å². The van der Waals surface area contributed by atoms with Gasteiger partial charge in [0.25, 0.3) is 0 Å². The van der Waals surface area contributed by atoms with E-state index in [-0.39, 0.29) is 17.4 Å². The Morgan fingerprint density at radius 1 is 1.29 bits per heavy atom. The first-order valence-electron chi connectivity index (χ1n) is 8.27. The van der Waals surface area contributed by atoms with Gasteiger partial charge in [0.15, 0.2) is 6.61 Å². The molecule has 1 aromatic carbocycles. The SMILES string of the molecule is Cc1cc(C(=O)COc2ccc(F)cc2Cl)c(C)n1C1CCCC1. The van der Waals surface area contributed by atoms with Gasteiger partial charge in [0.05, 0.1) is 5.02 Å². The summed E-state index contributed by atoms with van der Waals surface area (Å²) in [6.45, 7) is 3.92. The minimum absolute atomic E-state index is 0.0901. The average molecular weight is 350 g/mol. The number of carbonyl (C=O) groups excluding carboxylic acids is 1. The Labute approximate surface area is 146 Å². The molecule has 2 aromatic rings. The van der Waals surface area contributed by atoms with Crippen molar-refractivity contribution in [2.24, 2.45) is 0 Å². The average Bonchev–Trinajstić information content (AvgIpc) is 3.14. The minimum Gasteiger partial charge on any atom is -0.484 e. The molecule has 0 aliphatic heterocycles. The molecule has 1 fully saturated rings. The number of Topliss-reactive ketones (excluding diaryl/α,β-unsaturated/α-hetero) is 1. The summed E-state index contributed by atoms with van der Waals surface area (Å²) in [6, 6.07) is 6.31. The van der Waals surface area contributed by atoms with Crippen LogP contribution in [0.15, 0.2) is 24.3 Å². The Balaban J connectivity index is 1.74. The molecule has 1 saturated carbocycles. The minimum atomic E-state index is -0.432. The van der Waals surface area contributed by atoms with Crippen LogP contribution in [0.5, 0.6) is 5.75 Å². The molecule has 0 spiro atoms. The van der Waals surface area contributed by atoms with Crippen molar-refractivity contribution in [3.8, 4) is 5.75 Å². The topological polar surface area (TPSA) is 31.2 Å². The first kappa shape index (κ1) is 17.0. The standard InChI is InChI=1S/C19H21ClFNO2/c1-12-9-16(13(2)22(12)15-5-3-4-6-15)18(23)11-24-19-8-7-14(21)10-17(19)20/h7-10,15H,3-6,11H2,1-2H3. The Morgan fingerprint density at radius 2 is 2.00 bits per heavy atom. The first-order valence-corrected chi connectivity index (χ1v) is 8.64. The van der Waals surface area contributed by atoms with E-state index in [2.05, 4.69) is 4.57 Å². The van der Waals surface area contributed by atoms with Crippen LogP contribution >= 0.6 is 11.6 Å². The van der Waals surface area contributed by atoms with Crippen molar-refractivity contribution in [1.82, 2.24) is 4.57 Å². The van der Waals surface area contributed by atoms with E-state index in [1.165, 1.54) is 43.9 Å². The molecule has 3 nitrogen and oxygen atoms in total. The van der Waals surface area contributed by atoms with Crippen LogP contribution in [-0.4, -0.2) is 17.0 Å². The second kappa shape index (κ2) is 6.98. The number of aryl methyl sites for hydroxylation is 1. The maximum atomic E-state index is 13.0. The van der Waals surface area contributed by atoms with Gasteiger partial charge in [-0.05, 0) is 51.0 Å². The van der Waals surface area contributed by atoms with Crippen LogP contribution in [-0.2, 0) is 0 Å². The van der Waals surface area contributed by atoms with E-state index in [1.54, 1.807) is 0 Å². The van der Waals surface area contributed by atoms with Gasteiger partial charge in [0.1, 0.15) is 11.6 Å². The largest absolute Gasteiger partial charge is 0.484 e. The molecule has 0 unspecified atom stereocenters. The summed E-state index contributed by atoms with van der Waals surface area (Å²) >= 11 is 5.93. The number of aromatic nitrogens is 1. The molecule has 128 valence electrons. The van der Waals surface area contributed by atoms with Crippen LogP contribution in [0.3, 0.4) is 0 Å². The number of benzene rings is 1. The van der Waals surface area contributed by atoms with Gasteiger partial charge >= 0.3 is 0 Å². The summed E-state index contributed by atoms with van der Waals surface area (Å²) in [5.74, 6) is -0.206. The highest BCUT2D eigenvalue weighted by atomic mass is 35.5. The van der Waals surface area contributed by atoms with Gasteiger partial charge in [0.2, 0.25) is 5.78 Å². The number of hydrogen-bond donors (Lipinski definition) is 0.